The molecule has 2 aromatic heterocycles. The van der Waals surface area contributed by atoms with Crippen molar-refractivity contribution in [2.24, 2.45) is 0 Å². The monoisotopic (exact) mass is 824 g/mol. The highest BCUT2D eigenvalue weighted by Gasteiger charge is 2.58. The number of rotatable bonds is 18. The van der Waals surface area contributed by atoms with E-state index in [1.165, 1.54) is 24.3 Å². The van der Waals surface area contributed by atoms with E-state index in [-0.39, 0.29) is 22.3 Å². The summed E-state index contributed by atoms with van der Waals surface area (Å²) in [5, 5.41) is 10.0. The van der Waals surface area contributed by atoms with Crippen molar-refractivity contribution < 1.29 is 22.8 Å². The van der Waals surface area contributed by atoms with Gasteiger partial charge in [-0.15, -0.1) is 0 Å². The van der Waals surface area contributed by atoms with Crippen molar-refractivity contribution in [1.29, 1.82) is 0 Å². The second-order valence-corrected chi connectivity index (χ2v) is 16.6. The summed E-state index contributed by atoms with van der Waals surface area (Å²) in [6.45, 7) is 22.5. The molecule has 0 bridgehead atoms. The van der Waals surface area contributed by atoms with Crippen LogP contribution in [0, 0.1) is 0 Å². The van der Waals surface area contributed by atoms with Crippen LogP contribution in [-0.2, 0) is 4.79 Å². The number of pyridine rings is 2. The molecule has 0 saturated carbocycles. The summed E-state index contributed by atoms with van der Waals surface area (Å²) in [4.78, 5) is 49.0. The number of thioether (sulfide) groups is 1. The Morgan fingerprint density at radius 2 is 1.17 bits per heavy atom. The van der Waals surface area contributed by atoms with Crippen molar-refractivity contribution in [3.05, 3.63) is 72.1 Å². The molecule has 3 amide bonds. The van der Waals surface area contributed by atoms with Crippen molar-refractivity contribution in [1.82, 2.24) is 34.9 Å². The van der Waals surface area contributed by atoms with E-state index in [0.717, 1.165) is 120 Å². The highest BCUT2D eigenvalue weighted by atomic mass is 32.2. The fourth-order valence-electron chi connectivity index (χ4n) is 8.40. The Morgan fingerprint density at radius 3 is 1.60 bits per heavy atom. The molecule has 0 spiro atoms. The van der Waals surface area contributed by atoms with Crippen molar-refractivity contribution in [3.8, 4) is 0 Å². The lowest BCUT2D eigenvalue weighted by atomic mass is 9.70. The van der Waals surface area contributed by atoms with Gasteiger partial charge in [0.2, 0.25) is 0 Å². The number of carbonyl (C=O) groups is 2. The number of aromatic nitrogens is 2. The normalized spacial score (nSPS) is 21.3. The predicted molar refractivity (Wildman–Crippen MR) is 226 cm³/mol. The number of anilines is 3. The molecule has 12 nitrogen and oxygen atoms in total. The lowest BCUT2D eigenvalue weighted by molar-refractivity contribution is -0.123. The Morgan fingerprint density at radius 1 is 0.724 bits per heavy atom. The summed E-state index contributed by atoms with van der Waals surface area (Å²) in [6, 6.07) is 12.3. The lowest BCUT2D eigenvalue weighted by Crippen LogP contribution is -2.55. The van der Waals surface area contributed by atoms with Crippen molar-refractivity contribution >= 4 is 41.0 Å². The third-order valence-corrected chi connectivity index (χ3v) is 12.8. The fourth-order valence-corrected chi connectivity index (χ4v) is 8.94. The number of imide groups is 1. The molecule has 0 radical (unpaired) electrons. The molecule has 6 rings (SSSR count). The molecule has 58 heavy (non-hydrogen) atoms. The van der Waals surface area contributed by atoms with Gasteiger partial charge >= 0.3 is 11.5 Å². The first kappa shape index (κ1) is 43.6. The molecule has 3 aliphatic heterocycles. The maximum absolute atomic E-state index is 14.9. The average Bonchev–Trinajstić information content (AvgIpc) is 3.50. The van der Waals surface area contributed by atoms with Crippen LogP contribution >= 0.6 is 11.8 Å². The van der Waals surface area contributed by atoms with E-state index in [1.807, 2.05) is 38.1 Å². The molecule has 3 fully saturated rings. The molecule has 3 N–H and O–H groups in total. The Labute approximate surface area is 345 Å². The predicted octanol–water partition coefficient (Wildman–Crippen LogP) is 6.37. The van der Waals surface area contributed by atoms with E-state index >= 15 is 0 Å². The van der Waals surface area contributed by atoms with Gasteiger partial charge in [0, 0.05) is 94.6 Å². The molecule has 2 atom stereocenters. The number of likely N-dealkylation sites (N-methyl/N-ethyl adjacent to an activating group) is 2. The molecule has 3 aromatic rings. The molecule has 0 aliphatic carbocycles. The number of halogens is 3. The largest absolute Gasteiger partial charge is 0.446 e. The molecule has 3 aliphatic rings. The molecule has 16 heteroatoms. The van der Waals surface area contributed by atoms with Crippen LogP contribution in [0.15, 0.2) is 65.8 Å². The number of carbonyl (C=O) groups excluding carboxylic acids is 2. The Kier molecular flexibility index (Phi) is 14.9. The van der Waals surface area contributed by atoms with Crippen LogP contribution in [-0.4, -0.2) is 144 Å². The van der Waals surface area contributed by atoms with Crippen molar-refractivity contribution in [2.45, 2.75) is 68.3 Å². The maximum Gasteiger partial charge on any atom is 0.446 e. The Balaban J connectivity index is 1.19. The number of nitrogens with one attached hydrogen (secondary N) is 3. The van der Waals surface area contributed by atoms with Crippen LogP contribution < -0.4 is 20.9 Å². The maximum atomic E-state index is 14.9. The highest BCUT2D eigenvalue weighted by Crippen LogP contribution is 2.46. The number of amides is 3. The minimum atomic E-state index is -4.46. The van der Waals surface area contributed by atoms with Crippen LogP contribution in [0.25, 0.3) is 0 Å². The van der Waals surface area contributed by atoms with Gasteiger partial charge in [-0.1, -0.05) is 27.7 Å². The van der Waals surface area contributed by atoms with Crippen LogP contribution in [0.4, 0.5) is 35.3 Å². The minimum Gasteiger partial charge on any atom is -0.370 e. The van der Waals surface area contributed by atoms with Gasteiger partial charge < -0.3 is 35.6 Å². The van der Waals surface area contributed by atoms with E-state index in [0.29, 0.717) is 11.6 Å². The second-order valence-electron chi connectivity index (χ2n) is 15.5. The molecular weight excluding hydrogens is 766 g/mol. The summed E-state index contributed by atoms with van der Waals surface area (Å²) >= 11 is -0.246. The zero-order chi connectivity index (χ0) is 41.3. The zero-order valence-corrected chi connectivity index (χ0v) is 35.0. The zero-order valence-electron chi connectivity index (χ0n) is 34.2. The number of hydrogen-bond donors (Lipinski definition) is 3. The molecule has 3 saturated heterocycles. The Hall–Kier alpha value is -3.96. The van der Waals surface area contributed by atoms with Crippen LogP contribution in [0.2, 0.25) is 0 Å². The third-order valence-electron chi connectivity index (χ3n) is 12.1. The van der Waals surface area contributed by atoms with Crippen LogP contribution in [0.1, 0.15) is 63.5 Å². The third kappa shape index (κ3) is 10.8. The standard InChI is InChI=1S/C42H59F3N10O2S/c1-5-51-21-25-53(26-22-51)19-7-15-46-37-29-33(13-17-48-37)31(3)41(39(56)55(40(57)50-41)35-9-11-36(12-10-35)58-42(43,44)45)32(4)34-14-18-49-38(30-34)47-16-8-20-54-27-23-52(6-2)24-28-54/h9-14,17-18,29-32H,5-8,15-16,19-28H2,1-4H3,(H,46,48)(H,47,49)(H,50,57). The van der Waals surface area contributed by atoms with Gasteiger partial charge in [-0.25, -0.2) is 19.7 Å². The number of urea groups is 1. The number of alkyl halides is 3. The summed E-state index contributed by atoms with van der Waals surface area (Å²) < 4.78 is 39.3. The summed E-state index contributed by atoms with van der Waals surface area (Å²) in [6.07, 6.45) is 5.33. The van der Waals surface area contributed by atoms with E-state index in [1.54, 1.807) is 12.4 Å². The van der Waals surface area contributed by atoms with Gasteiger partial charge in [-0.2, -0.15) is 13.2 Å². The van der Waals surface area contributed by atoms with Crippen molar-refractivity contribution in [2.75, 3.05) is 107 Å². The van der Waals surface area contributed by atoms with E-state index in [4.69, 9.17) is 0 Å². The van der Waals surface area contributed by atoms with Gasteiger partial charge in [0.15, 0.2) is 0 Å². The quantitative estimate of drug-likeness (QED) is 0.0757. The van der Waals surface area contributed by atoms with E-state index in [9.17, 15) is 22.8 Å². The molecule has 2 unspecified atom stereocenters. The van der Waals surface area contributed by atoms with Gasteiger partial charge in [0.05, 0.1) is 5.69 Å². The topological polar surface area (TPSA) is 112 Å². The van der Waals surface area contributed by atoms with Gasteiger partial charge in [-0.05, 0) is 110 Å². The first-order valence-electron chi connectivity index (χ1n) is 20.7. The van der Waals surface area contributed by atoms with Gasteiger partial charge in [-0.3, -0.25) is 4.79 Å². The van der Waals surface area contributed by atoms with E-state index < -0.39 is 34.8 Å². The van der Waals surface area contributed by atoms with Crippen molar-refractivity contribution in [3.63, 3.8) is 0 Å². The molecule has 1 aromatic carbocycles. The van der Waals surface area contributed by atoms with Crippen LogP contribution in [0.5, 0.6) is 0 Å². The first-order chi connectivity index (χ1) is 27.9. The summed E-state index contributed by atoms with van der Waals surface area (Å²) in [5.74, 6) is -0.216. The second kappa shape index (κ2) is 19.9. The fraction of sp³-hybridized carbons (Fsp3) is 0.571. The number of piperazine rings is 2. The summed E-state index contributed by atoms with van der Waals surface area (Å²) in [7, 11) is 0. The lowest BCUT2D eigenvalue weighted by Gasteiger charge is -2.39. The molecule has 5 heterocycles. The number of hydrogen-bond acceptors (Lipinski definition) is 11. The minimum absolute atomic E-state index is 0.0388. The Bertz CT molecular complexity index is 1720. The summed E-state index contributed by atoms with van der Waals surface area (Å²) in [5.41, 5.74) is -4.13. The van der Waals surface area contributed by atoms with Crippen LogP contribution in [0.3, 0.4) is 0 Å². The number of nitrogens with zero attached hydrogens (tertiary/aromatic N) is 7. The van der Waals surface area contributed by atoms with Gasteiger partial charge in [0.25, 0.3) is 5.91 Å². The SMILES string of the molecule is CCN1CCN(CCCNc2cc(C(C)C3(C(C)c4ccnc(NCCCN5CCN(CC)CC5)c4)NC(=O)N(c4ccc(SC(F)(F)F)cc4)C3=O)ccn2)CC1. The first-order valence-corrected chi connectivity index (χ1v) is 21.5. The smallest absolute Gasteiger partial charge is 0.370 e. The molecule has 316 valence electrons. The van der Waals surface area contributed by atoms with E-state index in [2.05, 4.69) is 59.4 Å². The molecular formula is C42H59F3N10O2S. The number of benzene rings is 1. The average molecular weight is 825 g/mol. The van der Waals surface area contributed by atoms with Gasteiger partial charge in [0.1, 0.15) is 17.2 Å². The highest BCUT2D eigenvalue weighted by molar-refractivity contribution is 8.00.